The molecule has 3 N–H and O–H groups in total. The second-order valence-corrected chi connectivity index (χ2v) is 5.31. The summed E-state index contributed by atoms with van der Waals surface area (Å²) in [5, 5.41) is 3.52. The largest absolute Gasteiger partial charge is 0.399 e. The van der Waals surface area contributed by atoms with Gasteiger partial charge in [0.15, 0.2) is 5.16 Å². The number of amides is 1. The third-order valence-electron chi connectivity index (χ3n) is 2.53. The number of aryl methyl sites for hydroxylation is 1. The molecule has 0 bridgehead atoms. The first-order valence-electron chi connectivity index (χ1n) is 6.21. The zero-order valence-electron chi connectivity index (χ0n) is 11.2. The van der Waals surface area contributed by atoms with E-state index in [2.05, 4.69) is 15.3 Å². The highest BCUT2D eigenvalue weighted by Gasteiger charge is 2.04. The molecule has 0 aliphatic carbocycles. The molecule has 20 heavy (non-hydrogen) atoms. The summed E-state index contributed by atoms with van der Waals surface area (Å²) in [5.74, 6) is 0.611. The van der Waals surface area contributed by atoms with Crippen LogP contribution >= 0.6 is 11.8 Å². The molecule has 0 spiro atoms. The van der Waals surface area contributed by atoms with Gasteiger partial charge < -0.3 is 11.1 Å². The average Bonchev–Trinajstić information content (AvgIpc) is 2.41. The molecule has 0 saturated carbocycles. The van der Waals surface area contributed by atoms with Crippen molar-refractivity contribution in [2.45, 2.75) is 18.5 Å². The van der Waals surface area contributed by atoms with E-state index in [1.165, 1.54) is 11.8 Å². The molecule has 1 amide bonds. The number of nitrogens with two attached hydrogens (primary N) is 1. The van der Waals surface area contributed by atoms with Crippen molar-refractivity contribution >= 4 is 29.0 Å². The Morgan fingerprint density at radius 1 is 1.30 bits per heavy atom. The highest BCUT2D eigenvalue weighted by atomic mass is 32.2. The van der Waals surface area contributed by atoms with Crippen LogP contribution < -0.4 is 11.1 Å². The van der Waals surface area contributed by atoms with Gasteiger partial charge in [0.2, 0.25) is 5.91 Å². The Morgan fingerprint density at radius 3 is 2.75 bits per heavy atom. The number of nitrogens with one attached hydrogen (secondary N) is 1. The predicted molar refractivity (Wildman–Crippen MR) is 81.6 cm³/mol. The van der Waals surface area contributed by atoms with E-state index in [1.807, 2.05) is 13.0 Å². The van der Waals surface area contributed by atoms with Crippen LogP contribution in [0.5, 0.6) is 0 Å². The Morgan fingerprint density at radius 2 is 2.05 bits per heavy atom. The summed E-state index contributed by atoms with van der Waals surface area (Å²) in [6.07, 6.45) is 2.13. The van der Waals surface area contributed by atoms with E-state index in [-0.39, 0.29) is 5.91 Å². The van der Waals surface area contributed by atoms with E-state index < -0.39 is 0 Å². The fourth-order valence-corrected chi connectivity index (χ4v) is 2.33. The molecular weight excluding hydrogens is 272 g/mol. The second-order valence-electron chi connectivity index (χ2n) is 4.25. The van der Waals surface area contributed by atoms with Crippen molar-refractivity contribution in [3.63, 3.8) is 0 Å². The number of nitrogen functional groups attached to an aromatic ring is 1. The van der Waals surface area contributed by atoms with E-state index >= 15 is 0 Å². The van der Waals surface area contributed by atoms with Gasteiger partial charge in [-0.25, -0.2) is 9.97 Å². The van der Waals surface area contributed by atoms with Gasteiger partial charge in [0, 0.05) is 35.4 Å². The van der Waals surface area contributed by atoms with Crippen LogP contribution in [-0.2, 0) is 4.79 Å². The molecule has 0 saturated heterocycles. The lowest BCUT2D eigenvalue weighted by Gasteiger charge is -2.05. The summed E-state index contributed by atoms with van der Waals surface area (Å²) < 4.78 is 0. The van der Waals surface area contributed by atoms with Crippen LogP contribution in [-0.4, -0.2) is 21.6 Å². The fourth-order valence-electron chi connectivity index (χ4n) is 1.52. The first-order chi connectivity index (χ1) is 9.63. The highest BCUT2D eigenvalue weighted by molar-refractivity contribution is 7.99. The van der Waals surface area contributed by atoms with Crippen molar-refractivity contribution in [3.8, 4) is 0 Å². The minimum Gasteiger partial charge on any atom is -0.399 e. The van der Waals surface area contributed by atoms with E-state index in [1.54, 1.807) is 30.5 Å². The van der Waals surface area contributed by atoms with Gasteiger partial charge in [0.25, 0.3) is 0 Å². The van der Waals surface area contributed by atoms with E-state index in [4.69, 9.17) is 5.73 Å². The number of carbonyl (C=O) groups excluding carboxylic acids is 1. The van der Waals surface area contributed by atoms with Crippen LogP contribution in [0, 0.1) is 6.92 Å². The number of thioether (sulfide) groups is 1. The third-order valence-corrected chi connectivity index (χ3v) is 3.39. The van der Waals surface area contributed by atoms with Crippen molar-refractivity contribution in [3.05, 3.63) is 42.2 Å². The third kappa shape index (κ3) is 4.55. The number of hydrogen-bond donors (Lipinski definition) is 2. The van der Waals surface area contributed by atoms with Crippen LogP contribution in [0.2, 0.25) is 0 Å². The van der Waals surface area contributed by atoms with Crippen molar-refractivity contribution in [1.82, 2.24) is 9.97 Å². The van der Waals surface area contributed by atoms with Gasteiger partial charge in [-0.1, -0.05) is 11.8 Å². The maximum Gasteiger partial charge on any atom is 0.225 e. The standard InChI is InChI=1S/C14H16N4OS/c1-10-6-8-16-14(17-10)20-9-7-13(19)18-12-4-2-11(15)3-5-12/h2-6,8H,7,9,15H2,1H3,(H,18,19). The quantitative estimate of drug-likeness (QED) is 0.502. The van der Waals surface area contributed by atoms with Gasteiger partial charge in [-0.2, -0.15) is 0 Å². The summed E-state index contributed by atoms with van der Waals surface area (Å²) in [4.78, 5) is 20.2. The monoisotopic (exact) mass is 288 g/mol. The number of hydrogen-bond acceptors (Lipinski definition) is 5. The van der Waals surface area contributed by atoms with Crippen LogP contribution in [0.3, 0.4) is 0 Å². The lowest BCUT2D eigenvalue weighted by molar-refractivity contribution is -0.115. The predicted octanol–water partition coefficient (Wildman–Crippen LogP) is 2.49. The van der Waals surface area contributed by atoms with Gasteiger partial charge in [-0.15, -0.1) is 0 Å². The molecule has 1 aromatic heterocycles. The summed E-state index contributed by atoms with van der Waals surface area (Å²) >= 11 is 1.47. The number of benzene rings is 1. The molecule has 0 aliphatic rings. The molecule has 2 rings (SSSR count). The minimum absolute atomic E-state index is 0.0325. The molecule has 104 valence electrons. The first-order valence-corrected chi connectivity index (χ1v) is 7.20. The van der Waals surface area contributed by atoms with E-state index in [0.717, 1.165) is 11.4 Å². The summed E-state index contributed by atoms with van der Waals surface area (Å²) in [7, 11) is 0. The fraction of sp³-hybridized carbons (Fsp3) is 0.214. The molecule has 0 unspecified atom stereocenters. The lowest BCUT2D eigenvalue weighted by atomic mass is 10.3. The van der Waals surface area contributed by atoms with Crippen LogP contribution in [0.1, 0.15) is 12.1 Å². The number of aromatic nitrogens is 2. The van der Waals surface area contributed by atoms with Crippen molar-refractivity contribution in [2.24, 2.45) is 0 Å². The molecule has 5 nitrogen and oxygen atoms in total. The topological polar surface area (TPSA) is 80.9 Å². The highest BCUT2D eigenvalue weighted by Crippen LogP contribution is 2.15. The van der Waals surface area contributed by atoms with E-state index in [0.29, 0.717) is 23.0 Å². The number of carbonyl (C=O) groups is 1. The molecule has 0 atom stereocenters. The summed E-state index contributed by atoms with van der Waals surface area (Å²) in [5.41, 5.74) is 7.94. The summed E-state index contributed by atoms with van der Waals surface area (Å²) in [6, 6.07) is 8.92. The van der Waals surface area contributed by atoms with Crippen molar-refractivity contribution in [2.75, 3.05) is 16.8 Å². The molecule has 6 heteroatoms. The Kier molecular flexibility index (Phi) is 4.95. The maximum atomic E-state index is 11.8. The second kappa shape index (κ2) is 6.91. The minimum atomic E-state index is -0.0325. The molecular formula is C14H16N4OS. The molecule has 0 fully saturated rings. The van der Waals surface area contributed by atoms with Gasteiger partial charge in [-0.05, 0) is 37.3 Å². The molecule has 0 aliphatic heterocycles. The van der Waals surface area contributed by atoms with Crippen LogP contribution in [0.15, 0.2) is 41.7 Å². The van der Waals surface area contributed by atoms with Crippen molar-refractivity contribution in [1.29, 1.82) is 0 Å². The lowest BCUT2D eigenvalue weighted by Crippen LogP contribution is -2.12. The normalized spacial score (nSPS) is 10.2. The van der Waals surface area contributed by atoms with Gasteiger partial charge in [-0.3, -0.25) is 4.79 Å². The van der Waals surface area contributed by atoms with E-state index in [9.17, 15) is 4.79 Å². The van der Waals surface area contributed by atoms with Crippen LogP contribution in [0.4, 0.5) is 11.4 Å². The molecule has 1 aromatic carbocycles. The number of nitrogens with zero attached hydrogens (tertiary/aromatic N) is 2. The van der Waals surface area contributed by atoms with Crippen molar-refractivity contribution < 1.29 is 4.79 Å². The smallest absolute Gasteiger partial charge is 0.225 e. The van der Waals surface area contributed by atoms with Gasteiger partial charge in [0.05, 0.1) is 0 Å². The molecule has 1 heterocycles. The van der Waals surface area contributed by atoms with Gasteiger partial charge >= 0.3 is 0 Å². The summed E-state index contributed by atoms with van der Waals surface area (Å²) in [6.45, 7) is 1.92. The Hall–Kier alpha value is -2.08. The Labute approximate surface area is 122 Å². The molecule has 0 radical (unpaired) electrons. The molecule has 2 aromatic rings. The zero-order chi connectivity index (χ0) is 14.4. The zero-order valence-corrected chi connectivity index (χ0v) is 12.0. The number of anilines is 2. The Bertz CT molecular complexity index is 586. The average molecular weight is 288 g/mol. The maximum absolute atomic E-state index is 11.8. The number of rotatable bonds is 5. The SMILES string of the molecule is Cc1ccnc(SCCC(=O)Nc2ccc(N)cc2)n1. The van der Waals surface area contributed by atoms with Gasteiger partial charge in [0.1, 0.15) is 0 Å². The Balaban J connectivity index is 1.76. The first kappa shape index (κ1) is 14.3. The van der Waals surface area contributed by atoms with Crippen LogP contribution in [0.25, 0.3) is 0 Å².